The van der Waals surface area contributed by atoms with Crippen molar-refractivity contribution < 1.29 is 27.2 Å². The Morgan fingerprint density at radius 2 is 1.76 bits per heavy atom. The van der Waals surface area contributed by atoms with Crippen molar-refractivity contribution in [2.24, 2.45) is 11.7 Å². The van der Waals surface area contributed by atoms with E-state index in [-0.39, 0.29) is 44.0 Å². The van der Waals surface area contributed by atoms with E-state index in [1.54, 1.807) is 25.4 Å². The SMILES string of the molecule is CNCC(N)=O.CSc1cc(NC(=O)[C@H]2CCCC(F)(F)C2)ccn1.FC1(F)CCCCC1. The van der Waals surface area contributed by atoms with Gasteiger partial charge >= 0.3 is 0 Å². The number of aromatic nitrogens is 1. The van der Waals surface area contributed by atoms with Crippen LogP contribution in [-0.2, 0) is 9.59 Å². The number of nitrogens with zero attached hydrogens (tertiary/aromatic N) is 1. The van der Waals surface area contributed by atoms with Gasteiger partial charge in [-0.1, -0.05) is 6.42 Å². The summed E-state index contributed by atoms with van der Waals surface area (Å²) in [4.78, 5) is 25.8. The van der Waals surface area contributed by atoms with Gasteiger partial charge in [0.05, 0.1) is 11.6 Å². The van der Waals surface area contributed by atoms with Crippen LogP contribution < -0.4 is 16.4 Å². The molecule has 11 heteroatoms. The molecule has 2 aliphatic carbocycles. The molecular formula is C22H34F4N4O2S. The van der Waals surface area contributed by atoms with Crippen molar-refractivity contribution in [2.45, 2.75) is 74.7 Å². The van der Waals surface area contributed by atoms with Crippen molar-refractivity contribution in [3.63, 3.8) is 0 Å². The molecule has 1 atom stereocenters. The first kappa shape index (κ1) is 29.2. The minimum Gasteiger partial charge on any atom is -0.369 e. The number of nitrogens with two attached hydrogens (primary N) is 1. The molecule has 6 nitrogen and oxygen atoms in total. The van der Waals surface area contributed by atoms with Crippen LogP contribution in [0.15, 0.2) is 23.4 Å². The summed E-state index contributed by atoms with van der Waals surface area (Å²) < 4.78 is 51.0. The Morgan fingerprint density at radius 3 is 2.21 bits per heavy atom. The normalized spacial score (nSPS) is 20.8. The summed E-state index contributed by atoms with van der Waals surface area (Å²) in [6.07, 6.45) is 6.61. The van der Waals surface area contributed by atoms with E-state index in [9.17, 15) is 27.2 Å². The van der Waals surface area contributed by atoms with Gasteiger partial charge in [0.1, 0.15) is 0 Å². The Bertz CT molecular complexity index is 745. The third kappa shape index (κ3) is 12.8. The summed E-state index contributed by atoms with van der Waals surface area (Å²) in [7, 11) is 1.67. The number of hydrogen-bond acceptors (Lipinski definition) is 5. The summed E-state index contributed by atoms with van der Waals surface area (Å²) in [6, 6.07) is 3.40. The number of rotatable bonds is 5. The van der Waals surface area contributed by atoms with Gasteiger partial charge in [0.25, 0.3) is 0 Å². The van der Waals surface area contributed by atoms with E-state index in [0.717, 1.165) is 11.4 Å². The van der Waals surface area contributed by atoms with E-state index in [2.05, 4.69) is 15.6 Å². The van der Waals surface area contributed by atoms with Gasteiger partial charge in [-0.05, 0) is 51.1 Å². The summed E-state index contributed by atoms with van der Waals surface area (Å²) in [6.45, 7) is 0.264. The quantitative estimate of drug-likeness (QED) is 0.402. The summed E-state index contributed by atoms with van der Waals surface area (Å²) in [5.41, 5.74) is 5.31. The number of hydrogen-bond donors (Lipinski definition) is 3. The largest absolute Gasteiger partial charge is 0.369 e. The lowest BCUT2D eigenvalue weighted by molar-refractivity contribution is -0.127. The number of likely N-dealkylation sites (N-methyl/N-ethyl adjacent to an activating group) is 1. The fourth-order valence-corrected chi connectivity index (χ4v) is 3.89. The second-order valence-electron chi connectivity index (χ2n) is 8.14. The van der Waals surface area contributed by atoms with E-state index < -0.39 is 17.8 Å². The van der Waals surface area contributed by atoms with Crippen molar-refractivity contribution in [3.05, 3.63) is 18.3 Å². The number of primary amides is 1. The molecule has 2 saturated carbocycles. The maximum absolute atomic E-state index is 13.3. The predicted molar refractivity (Wildman–Crippen MR) is 123 cm³/mol. The molecule has 1 heterocycles. The maximum Gasteiger partial charge on any atom is 0.248 e. The van der Waals surface area contributed by atoms with Crippen LogP contribution in [0.25, 0.3) is 0 Å². The Morgan fingerprint density at radius 1 is 1.12 bits per heavy atom. The lowest BCUT2D eigenvalue weighted by Gasteiger charge is -2.27. The second kappa shape index (κ2) is 14.4. The number of halogens is 4. The molecule has 0 saturated heterocycles. The van der Waals surface area contributed by atoms with E-state index in [1.807, 2.05) is 6.26 Å². The molecule has 0 aliphatic heterocycles. The van der Waals surface area contributed by atoms with Crippen LogP contribution in [-0.4, -0.2) is 48.5 Å². The molecule has 1 aromatic rings. The molecule has 188 valence electrons. The van der Waals surface area contributed by atoms with Crippen LogP contribution in [0.1, 0.15) is 57.8 Å². The zero-order chi connectivity index (χ0) is 24.9. The highest BCUT2D eigenvalue weighted by molar-refractivity contribution is 7.98. The number of carbonyl (C=O) groups is 2. The van der Waals surface area contributed by atoms with Crippen molar-refractivity contribution in [1.82, 2.24) is 10.3 Å². The van der Waals surface area contributed by atoms with E-state index in [0.29, 0.717) is 31.4 Å². The van der Waals surface area contributed by atoms with Gasteiger partial charge in [0, 0.05) is 43.5 Å². The third-order valence-electron chi connectivity index (χ3n) is 5.16. The van der Waals surface area contributed by atoms with Crippen LogP contribution in [0.4, 0.5) is 23.2 Å². The summed E-state index contributed by atoms with van der Waals surface area (Å²) >= 11 is 1.46. The molecule has 0 aromatic carbocycles. The average Bonchev–Trinajstić information content (AvgIpc) is 2.74. The minimum absolute atomic E-state index is 0.108. The maximum atomic E-state index is 13.3. The first-order chi connectivity index (χ1) is 15.5. The van der Waals surface area contributed by atoms with Crippen LogP contribution in [0.2, 0.25) is 0 Å². The second-order valence-corrected chi connectivity index (χ2v) is 8.97. The van der Waals surface area contributed by atoms with E-state index in [4.69, 9.17) is 5.73 Å². The minimum atomic E-state index is -2.71. The van der Waals surface area contributed by atoms with Crippen LogP contribution in [0, 0.1) is 5.92 Å². The number of carbonyl (C=O) groups excluding carboxylic acids is 2. The lowest BCUT2D eigenvalue weighted by Crippen LogP contribution is -2.33. The summed E-state index contributed by atoms with van der Waals surface area (Å²) in [5, 5.41) is 6.08. The van der Waals surface area contributed by atoms with E-state index in [1.165, 1.54) is 11.8 Å². The van der Waals surface area contributed by atoms with Gasteiger partial charge < -0.3 is 16.4 Å². The smallest absolute Gasteiger partial charge is 0.248 e. The Balaban J connectivity index is 0.000000319. The lowest BCUT2D eigenvalue weighted by atomic mass is 9.86. The molecule has 0 bridgehead atoms. The first-order valence-corrected chi connectivity index (χ1v) is 12.2. The predicted octanol–water partition coefficient (Wildman–Crippen LogP) is 4.84. The van der Waals surface area contributed by atoms with Crippen LogP contribution in [0.5, 0.6) is 0 Å². The molecule has 0 radical (unpaired) electrons. The molecular weight excluding hydrogens is 460 g/mol. The van der Waals surface area contributed by atoms with Gasteiger partial charge in [-0.15, -0.1) is 11.8 Å². The molecule has 2 aliphatic rings. The van der Waals surface area contributed by atoms with Crippen molar-refractivity contribution in [3.8, 4) is 0 Å². The fraction of sp³-hybridized carbons (Fsp3) is 0.682. The third-order valence-corrected chi connectivity index (χ3v) is 5.80. The molecule has 2 fully saturated rings. The number of nitrogens with one attached hydrogen (secondary N) is 2. The monoisotopic (exact) mass is 494 g/mol. The van der Waals surface area contributed by atoms with Gasteiger partial charge in [-0.3, -0.25) is 9.59 Å². The summed E-state index contributed by atoms with van der Waals surface area (Å²) in [5.74, 6) is -6.27. The number of pyridine rings is 1. The van der Waals surface area contributed by atoms with Gasteiger partial charge in [0.15, 0.2) is 0 Å². The molecule has 4 N–H and O–H groups in total. The molecule has 33 heavy (non-hydrogen) atoms. The average molecular weight is 495 g/mol. The zero-order valence-corrected chi connectivity index (χ0v) is 20.0. The number of alkyl halides is 4. The van der Waals surface area contributed by atoms with Crippen molar-refractivity contribution in [2.75, 3.05) is 25.2 Å². The molecule has 2 amide bonds. The number of anilines is 1. The Hall–Kier alpha value is -1.88. The molecule has 3 rings (SSSR count). The zero-order valence-electron chi connectivity index (χ0n) is 19.1. The fourth-order valence-electron chi connectivity index (χ4n) is 3.48. The highest BCUT2D eigenvalue weighted by atomic mass is 32.2. The Kier molecular flexibility index (Phi) is 12.7. The Labute approximate surface area is 196 Å². The van der Waals surface area contributed by atoms with Gasteiger partial charge in [-0.2, -0.15) is 0 Å². The molecule has 0 unspecified atom stereocenters. The highest BCUT2D eigenvalue weighted by Crippen LogP contribution is 2.37. The van der Waals surface area contributed by atoms with Crippen molar-refractivity contribution >= 4 is 29.3 Å². The van der Waals surface area contributed by atoms with Crippen molar-refractivity contribution in [1.29, 1.82) is 0 Å². The van der Waals surface area contributed by atoms with E-state index >= 15 is 0 Å². The van der Waals surface area contributed by atoms with Crippen LogP contribution in [0.3, 0.4) is 0 Å². The van der Waals surface area contributed by atoms with Gasteiger partial charge in [0.2, 0.25) is 23.7 Å². The standard InChI is InChI=1S/C13H16F2N2OS.C6H10F2.C3H8N2O/c1-19-11-7-10(4-6-16-11)17-12(18)9-3-2-5-13(14,15)8-9;7-6(8)4-2-1-3-5-6;1-5-2-3(4)6/h4,6-7,9H,2-3,5,8H2,1H3,(H,16,17,18);1-5H2;5H,2H2,1H3,(H2,4,6)/t9-;;/m0../s1. The molecule has 1 aromatic heterocycles. The molecule has 0 spiro atoms. The highest BCUT2D eigenvalue weighted by Gasteiger charge is 2.39. The topological polar surface area (TPSA) is 97.1 Å². The van der Waals surface area contributed by atoms with Crippen LogP contribution >= 0.6 is 11.8 Å². The first-order valence-electron chi connectivity index (χ1n) is 11.0. The number of thioether (sulfide) groups is 1. The number of amides is 2. The van der Waals surface area contributed by atoms with Gasteiger partial charge in [-0.25, -0.2) is 22.5 Å².